The Kier molecular flexibility index (Phi) is 6.53. The highest BCUT2D eigenvalue weighted by molar-refractivity contribution is 9.10. The second-order valence-corrected chi connectivity index (χ2v) is 8.77. The van der Waals surface area contributed by atoms with E-state index in [0.717, 1.165) is 10.0 Å². The number of nitrogens with zero attached hydrogens (tertiary/aromatic N) is 2. The average Bonchev–Trinajstić information content (AvgIpc) is 3.08. The van der Waals surface area contributed by atoms with Gasteiger partial charge in [-0.25, -0.2) is 4.79 Å². The van der Waals surface area contributed by atoms with Gasteiger partial charge in [-0.05, 0) is 49.2 Å². The lowest BCUT2D eigenvalue weighted by Gasteiger charge is -2.34. The molecule has 7 nitrogen and oxygen atoms in total. The van der Waals surface area contributed by atoms with Gasteiger partial charge in [0.2, 0.25) is 5.78 Å². The number of Topliss-reactive ketones (excluding diaryl/α,β-unsaturated/α-hetero) is 1. The highest BCUT2D eigenvalue weighted by Crippen LogP contribution is 2.42. The number of aryl methyl sites for hydroxylation is 1. The van der Waals surface area contributed by atoms with E-state index in [1.165, 1.54) is 0 Å². The molecule has 32 heavy (non-hydrogen) atoms. The maximum atomic E-state index is 13.1. The Balaban J connectivity index is 1.56. The molecule has 2 heterocycles. The van der Waals surface area contributed by atoms with Gasteiger partial charge in [-0.15, -0.1) is 0 Å². The fourth-order valence-electron chi connectivity index (χ4n) is 4.01. The van der Waals surface area contributed by atoms with Crippen LogP contribution in [-0.2, 0) is 11.3 Å². The van der Waals surface area contributed by atoms with Crippen LogP contribution in [0.2, 0.25) is 0 Å². The number of amides is 1. The van der Waals surface area contributed by atoms with Crippen LogP contribution in [0.25, 0.3) is 6.08 Å². The fraction of sp³-hybridized carbons (Fsp3) is 0.333. The molecule has 2 aromatic rings. The molecule has 4 rings (SSSR count). The molecule has 0 saturated carbocycles. The van der Waals surface area contributed by atoms with Gasteiger partial charge in [0.1, 0.15) is 11.5 Å². The number of ether oxygens (including phenoxy) is 2. The van der Waals surface area contributed by atoms with Gasteiger partial charge in [-0.2, -0.15) is 0 Å². The van der Waals surface area contributed by atoms with Crippen LogP contribution in [-0.4, -0.2) is 59.6 Å². The summed E-state index contributed by atoms with van der Waals surface area (Å²) in [6.07, 6.45) is 1.41. The molecule has 1 N–H and O–H groups in total. The van der Waals surface area contributed by atoms with E-state index in [9.17, 15) is 14.7 Å². The summed E-state index contributed by atoms with van der Waals surface area (Å²) in [7, 11) is 0. The molecule has 0 bridgehead atoms. The zero-order valence-electron chi connectivity index (χ0n) is 18.1. The SMILES string of the molecule is CCOC(=O)N1CCN(Cc2c(O)cc(C)c3c2O/C(=C\c2cccc(Br)c2)C3=O)CC1. The van der Waals surface area contributed by atoms with Gasteiger partial charge in [0.05, 0.1) is 17.7 Å². The summed E-state index contributed by atoms with van der Waals surface area (Å²) in [6.45, 7) is 6.71. The molecule has 8 heteroatoms. The van der Waals surface area contributed by atoms with Crippen LogP contribution in [0.4, 0.5) is 4.79 Å². The number of phenols is 1. The first kappa shape index (κ1) is 22.4. The molecule has 0 atom stereocenters. The Labute approximate surface area is 195 Å². The topological polar surface area (TPSA) is 79.3 Å². The van der Waals surface area contributed by atoms with Gasteiger partial charge in [0.25, 0.3) is 0 Å². The predicted octanol–water partition coefficient (Wildman–Crippen LogP) is 4.35. The van der Waals surface area contributed by atoms with Crippen molar-refractivity contribution in [3.05, 3.63) is 62.8 Å². The third-order valence-corrected chi connectivity index (χ3v) is 6.14. The molecule has 0 unspecified atom stereocenters. The number of hydrogen-bond donors (Lipinski definition) is 1. The van der Waals surface area contributed by atoms with Gasteiger partial charge in [0, 0.05) is 37.2 Å². The minimum Gasteiger partial charge on any atom is -0.507 e. The number of carbonyl (C=O) groups excluding carboxylic acids is 2. The van der Waals surface area contributed by atoms with Crippen molar-refractivity contribution in [1.29, 1.82) is 0 Å². The van der Waals surface area contributed by atoms with Crippen molar-refractivity contribution >= 4 is 33.9 Å². The quantitative estimate of drug-likeness (QED) is 0.628. The fourth-order valence-corrected chi connectivity index (χ4v) is 4.42. The third-order valence-electron chi connectivity index (χ3n) is 5.65. The van der Waals surface area contributed by atoms with Crippen molar-refractivity contribution < 1.29 is 24.2 Å². The Hall–Kier alpha value is -2.84. The van der Waals surface area contributed by atoms with E-state index in [1.54, 1.807) is 30.9 Å². The Morgan fingerprint density at radius 3 is 2.69 bits per heavy atom. The van der Waals surface area contributed by atoms with Crippen LogP contribution in [0, 0.1) is 6.92 Å². The summed E-state index contributed by atoms with van der Waals surface area (Å²) >= 11 is 3.44. The van der Waals surface area contributed by atoms with Crippen molar-refractivity contribution in [2.24, 2.45) is 0 Å². The van der Waals surface area contributed by atoms with Crippen molar-refractivity contribution in [1.82, 2.24) is 9.80 Å². The lowest BCUT2D eigenvalue weighted by atomic mass is 9.99. The molecular formula is C24H25BrN2O5. The summed E-state index contributed by atoms with van der Waals surface area (Å²) in [5.41, 5.74) is 2.59. The van der Waals surface area contributed by atoms with Crippen LogP contribution >= 0.6 is 15.9 Å². The highest BCUT2D eigenvalue weighted by Gasteiger charge is 2.34. The first-order valence-electron chi connectivity index (χ1n) is 10.6. The average molecular weight is 501 g/mol. The largest absolute Gasteiger partial charge is 0.507 e. The summed E-state index contributed by atoms with van der Waals surface area (Å²) < 4.78 is 12.0. The van der Waals surface area contributed by atoms with E-state index in [0.29, 0.717) is 61.8 Å². The second kappa shape index (κ2) is 9.34. The predicted molar refractivity (Wildman–Crippen MR) is 124 cm³/mol. The molecule has 0 spiro atoms. The van der Waals surface area contributed by atoms with Crippen LogP contribution in [0.15, 0.2) is 40.6 Å². The van der Waals surface area contributed by atoms with E-state index >= 15 is 0 Å². The van der Waals surface area contributed by atoms with Gasteiger partial charge >= 0.3 is 6.09 Å². The van der Waals surface area contributed by atoms with Crippen LogP contribution in [0.3, 0.4) is 0 Å². The maximum Gasteiger partial charge on any atom is 0.409 e. The van der Waals surface area contributed by atoms with Crippen molar-refractivity contribution in [2.45, 2.75) is 20.4 Å². The molecule has 2 aliphatic rings. The number of ketones is 1. The van der Waals surface area contributed by atoms with Crippen molar-refractivity contribution in [3.63, 3.8) is 0 Å². The van der Waals surface area contributed by atoms with Gasteiger partial charge in [-0.1, -0.05) is 28.1 Å². The molecule has 2 aliphatic heterocycles. The summed E-state index contributed by atoms with van der Waals surface area (Å²) in [5, 5.41) is 10.7. The van der Waals surface area contributed by atoms with Crippen LogP contribution in [0.1, 0.15) is 34.0 Å². The first-order valence-corrected chi connectivity index (χ1v) is 11.4. The Morgan fingerprint density at radius 2 is 2.00 bits per heavy atom. The molecule has 2 aromatic carbocycles. The smallest absolute Gasteiger partial charge is 0.409 e. The lowest BCUT2D eigenvalue weighted by molar-refractivity contribution is 0.0774. The first-order chi connectivity index (χ1) is 15.4. The maximum absolute atomic E-state index is 13.1. The zero-order valence-corrected chi connectivity index (χ0v) is 19.6. The second-order valence-electron chi connectivity index (χ2n) is 7.85. The molecular weight excluding hydrogens is 476 g/mol. The van der Waals surface area contributed by atoms with E-state index in [-0.39, 0.29) is 23.4 Å². The third kappa shape index (κ3) is 4.52. The van der Waals surface area contributed by atoms with E-state index in [1.807, 2.05) is 24.3 Å². The standard InChI is InChI=1S/C24H25BrN2O5/c1-3-31-24(30)27-9-7-26(8-10-27)14-18-19(28)11-15(2)21-22(29)20(32-23(18)21)13-16-5-4-6-17(25)12-16/h4-6,11-13,28H,3,7-10,14H2,1-2H3/b20-13-. The summed E-state index contributed by atoms with van der Waals surface area (Å²) in [4.78, 5) is 28.8. The monoisotopic (exact) mass is 500 g/mol. The molecule has 0 aromatic heterocycles. The number of carbonyl (C=O) groups is 2. The van der Waals surface area contributed by atoms with Gasteiger partial charge in [-0.3, -0.25) is 9.69 Å². The minimum atomic E-state index is -0.303. The number of hydrogen-bond acceptors (Lipinski definition) is 6. The highest BCUT2D eigenvalue weighted by atomic mass is 79.9. The Morgan fingerprint density at radius 1 is 1.25 bits per heavy atom. The number of benzene rings is 2. The number of halogens is 1. The van der Waals surface area contributed by atoms with Gasteiger partial charge in [0.15, 0.2) is 5.76 Å². The molecule has 1 saturated heterocycles. The van der Waals surface area contributed by atoms with Crippen molar-refractivity contribution in [2.75, 3.05) is 32.8 Å². The molecule has 1 fully saturated rings. The zero-order chi connectivity index (χ0) is 22.8. The number of rotatable bonds is 4. The summed E-state index contributed by atoms with van der Waals surface area (Å²) in [6, 6.07) is 9.22. The normalized spacial score (nSPS) is 17.4. The van der Waals surface area contributed by atoms with E-state index in [2.05, 4.69) is 20.8 Å². The summed E-state index contributed by atoms with van der Waals surface area (Å²) in [5.74, 6) is 0.568. The minimum absolute atomic E-state index is 0.102. The number of fused-ring (bicyclic) bond motifs is 1. The number of allylic oxidation sites excluding steroid dienone is 1. The lowest BCUT2D eigenvalue weighted by Crippen LogP contribution is -2.48. The Bertz CT molecular complexity index is 1090. The molecule has 168 valence electrons. The molecule has 0 radical (unpaired) electrons. The van der Waals surface area contributed by atoms with Crippen LogP contribution < -0.4 is 4.74 Å². The van der Waals surface area contributed by atoms with Gasteiger partial charge < -0.3 is 19.5 Å². The number of phenolic OH excluding ortho intramolecular Hbond substituents is 1. The molecule has 1 amide bonds. The van der Waals surface area contributed by atoms with E-state index < -0.39 is 0 Å². The molecule has 0 aliphatic carbocycles. The number of piperazine rings is 1. The number of aromatic hydroxyl groups is 1. The van der Waals surface area contributed by atoms with Crippen molar-refractivity contribution in [3.8, 4) is 11.5 Å². The van der Waals surface area contributed by atoms with E-state index in [4.69, 9.17) is 9.47 Å². The van der Waals surface area contributed by atoms with Crippen LogP contribution in [0.5, 0.6) is 11.5 Å².